The van der Waals surface area contributed by atoms with Gasteiger partial charge in [-0.2, -0.15) is 0 Å². The van der Waals surface area contributed by atoms with Gasteiger partial charge in [-0.15, -0.1) is 11.8 Å². The molecule has 0 aliphatic carbocycles. The van der Waals surface area contributed by atoms with Crippen molar-refractivity contribution in [2.24, 2.45) is 0 Å². The van der Waals surface area contributed by atoms with Crippen molar-refractivity contribution in [1.82, 2.24) is 0 Å². The summed E-state index contributed by atoms with van der Waals surface area (Å²) in [4.78, 5) is 34.7. The molecule has 2 N–H and O–H groups in total. The van der Waals surface area contributed by atoms with Crippen LogP contribution in [0.5, 0.6) is 11.5 Å². The van der Waals surface area contributed by atoms with Crippen LogP contribution in [0, 0.1) is 10.1 Å². The van der Waals surface area contributed by atoms with E-state index in [1.807, 2.05) is 0 Å². The minimum absolute atomic E-state index is 0.0270. The highest BCUT2D eigenvalue weighted by Crippen LogP contribution is 2.29. The first kappa shape index (κ1) is 24.0. The van der Waals surface area contributed by atoms with E-state index >= 15 is 0 Å². The molecule has 0 spiro atoms. The molecule has 0 unspecified atom stereocenters. The highest BCUT2D eigenvalue weighted by molar-refractivity contribution is 8.00. The normalized spacial score (nSPS) is 10.3. The van der Waals surface area contributed by atoms with Crippen molar-refractivity contribution < 1.29 is 24.0 Å². The van der Waals surface area contributed by atoms with Crippen molar-refractivity contribution >= 4 is 40.6 Å². The average Bonchev–Trinajstić information content (AvgIpc) is 2.75. The lowest BCUT2D eigenvalue weighted by molar-refractivity contribution is -0.384. The summed E-state index contributed by atoms with van der Waals surface area (Å²) >= 11 is 1.10. The Labute approximate surface area is 184 Å². The van der Waals surface area contributed by atoms with E-state index in [2.05, 4.69) is 17.6 Å². The van der Waals surface area contributed by atoms with Crippen molar-refractivity contribution in [1.29, 1.82) is 0 Å². The van der Waals surface area contributed by atoms with Crippen LogP contribution in [0.15, 0.2) is 42.5 Å². The molecule has 31 heavy (non-hydrogen) atoms. The third-order valence-corrected chi connectivity index (χ3v) is 4.98. The number of amides is 2. The van der Waals surface area contributed by atoms with E-state index in [1.165, 1.54) is 25.3 Å². The minimum atomic E-state index is -0.598. The molecular weight excluding hydrogens is 422 g/mol. The predicted octanol–water partition coefficient (Wildman–Crippen LogP) is 4.09. The minimum Gasteiger partial charge on any atom is -0.496 e. The lowest BCUT2D eigenvalue weighted by atomic mass is 10.2. The van der Waals surface area contributed by atoms with E-state index in [1.54, 1.807) is 24.3 Å². The molecule has 166 valence electrons. The van der Waals surface area contributed by atoms with E-state index in [9.17, 15) is 19.7 Å². The fourth-order valence-corrected chi connectivity index (χ4v) is 3.10. The van der Waals surface area contributed by atoms with E-state index in [0.29, 0.717) is 18.0 Å². The van der Waals surface area contributed by atoms with Crippen molar-refractivity contribution in [3.8, 4) is 11.5 Å². The lowest BCUT2D eigenvalue weighted by Gasteiger charge is -2.09. The summed E-state index contributed by atoms with van der Waals surface area (Å²) in [5.74, 6) is 0.391. The monoisotopic (exact) mass is 447 g/mol. The molecule has 0 aliphatic rings. The third kappa shape index (κ3) is 8.17. The highest BCUT2D eigenvalue weighted by atomic mass is 32.2. The van der Waals surface area contributed by atoms with Crippen LogP contribution >= 0.6 is 11.8 Å². The van der Waals surface area contributed by atoms with E-state index in [-0.39, 0.29) is 28.8 Å². The van der Waals surface area contributed by atoms with Crippen LogP contribution in [0.2, 0.25) is 0 Å². The van der Waals surface area contributed by atoms with Crippen molar-refractivity contribution in [3.63, 3.8) is 0 Å². The van der Waals surface area contributed by atoms with Gasteiger partial charge in [-0.1, -0.05) is 13.3 Å². The fraction of sp³-hybridized carbons (Fsp3) is 0.333. The maximum atomic E-state index is 12.1. The number of unbranched alkanes of at least 4 members (excludes halogenated alkanes) is 1. The number of nitrogens with one attached hydrogen (secondary N) is 2. The molecule has 10 heteroatoms. The number of methoxy groups -OCH3 is 1. The Morgan fingerprint density at radius 3 is 2.29 bits per heavy atom. The molecule has 2 rings (SSSR count). The Hall–Kier alpha value is -3.27. The lowest BCUT2D eigenvalue weighted by Crippen LogP contribution is -2.19. The van der Waals surface area contributed by atoms with Gasteiger partial charge >= 0.3 is 0 Å². The van der Waals surface area contributed by atoms with Crippen molar-refractivity contribution in [2.75, 3.05) is 35.9 Å². The Morgan fingerprint density at radius 2 is 1.68 bits per heavy atom. The number of anilines is 2. The van der Waals surface area contributed by atoms with Gasteiger partial charge in [0.05, 0.1) is 36.2 Å². The molecule has 0 saturated carbocycles. The van der Waals surface area contributed by atoms with Gasteiger partial charge in [0, 0.05) is 5.69 Å². The van der Waals surface area contributed by atoms with Gasteiger partial charge in [-0.3, -0.25) is 19.7 Å². The molecule has 9 nitrogen and oxygen atoms in total. The number of benzene rings is 2. The zero-order chi connectivity index (χ0) is 22.6. The molecule has 0 atom stereocenters. The fourth-order valence-electron chi connectivity index (χ4n) is 2.48. The summed E-state index contributed by atoms with van der Waals surface area (Å²) in [5, 5.41) is 16.4. The maximum Gasteiger partial charge on any atom is 0.296 e. The summed E-state index contributed by atoms with van der Waals surface area (Å²) in [6.07, 6.45) is 2.04. The number of ether oxygens (including phenoxy) is 2. The molecule has 2 aromatic carbocycles. The van der Waals surface area contributed by atoms with Gasteiger partial charge in [0.15, 0.2) is 0 Å². The van der Waals surface area contributed by atoms with Crippen LogP contribution < -0.4 is 20.1 Å². The first-order chi connectivity index (χ1) is 14.9. The molecule has 2 aromatic rings. The van der Waals surface area contributed by atoms with Crippen LogP contribution in [0.1, 0.15) is 19.8 Å². The van der Waals surface area contributed by atoms with Crippen LogP contribution in [0.4, 0.5) is 17.1 Å². The molecule has 0 heterocycles. The van der Waals surface area contributed by atoms with Gasteiger partial charge in [-0.25, -0.2) is 0 Å². The number of nitrogens with zero attached hydrogens (tertiary/aromatic N) is 1. The first-order valence-corrected chi connectivity index (χ1v) is 10.8. The van der Waals surface area contributed by atoms with Gasteiger partial charge in [0.25, 0.3) is 5.69 Å². The number of hydrogen-bond donors (Lipinski definition) is 2. The number of rotatable bonds is 12. The topological polar surface area (TPSA) is 120 Å². The Balaban J connectivity index is 1.77. The van der Waals surface area contributed by atoms with E-state index < -0.39 is 10.8 Å². The molecule has 0 saturated heterocycles. The summed E-state index contributed by atoms with van der Waals surface area (Å²) in [7, 11) is 1.40. The summed E-state index contributed by atoms with van der Waals surface area (Å²) in [6, 6.07) is 11.2. The van der Waals surface area contributed by atoms with E-state index in [4.69, 9.17) is 9.47 Å². The summed E-state index contributed by atoms with van der Waals surface area (Å²) < 4.78 is 10.5. The second-order valence-corrected chi connectivity index (χ2v) is 7.44. The summed E-state index contributed by atoms with van der Waals surface area (Å²) in [6.45, 7) is 2.74. The van der Waals surface area contributed by atoms with Crippen LogP contribution in [0.25, 0.3) is 0 Å². The number of carbonyl (C=O) groups excluding carboxylic acids is 2. The van der Waals surface area contributed by atoms with Gasteiger partial charge < -0.3 is 20.1 Å². The van der Waals surface area contributed by atoms with Gasteiger partial charge in [0.1, 0.15) is 17.2 Å². The number of nitro benzene ring substituents is 1. The van der Waals surface area contributed by atoms with Gasteiger partial charge in [-0.05, 0) is 42.8 Å². The molecule has 0 bridgehead atoms. The highest BCUT2D eigenvalue weighted by Gasteiger charge is 2.17. The average molecular weight is 448 g/mol. The SMILES string of the molecule is CCCCOc1ccc(NC(=O)CSCC(=O)Nc2ccc(OC)cc2[N+](=O)[O-])cc1. The molecule has 0 fully saturated rings. The summed E-state index contributed by atoms with van der Waals surface area (Å²) in [5.41, 5.74) is 0.436. The van der Waals surface area contributed by atoms with Gasteiger partial charge in [0.2, 0.25) is 11.8 Å². The smallest absolute Gasteiger partial charge is 0.296 e. The second-order valence-electron chi connectivity index (χ2n) is 6.46. The number of hydrogen-bond acceptors (Lipinski definition) is 7. The van der Waals surface area contributed by atoms with Crippen molar-refractivity contribution in [3.05, 3.63) is 52.6 Å². The largest absolute Gasteiger partial charge is 0.496 e. The van der Waals surface area contributed by atoms with Crippen molar-refractivity contribution in [2.45, 2.75) is 19.8 Å². The molecule has 0 radical (unpaired) electrons. The molecule has 0 aliphatic heterocycles. The van der Waals surface area contributed by atoms with E-state index in [0.717, 1.165) is 30.4 Å². The number of carbonyl (C=O) groups is 2. The number of nitro groups is 1. The second kappa shape index (κ2) is 12.4. The molecule has 2 amide bonds. The number of thioether (sulfide) groups is 1. The Bertz CT molecular complexity index is 904. The Kier molecular flexibility index (Phi) is 9.63. The van der Waals surface area contributed by atoms with Crippen LogP contribution in [-0.4, -0.2) is 42.0 Å². The first-order valence-electron chi connectivity index (χ1n) is 9.65. The zero-order valence-corrected chi connectivity index (χ0v) is 18.2. The van der Waals surface area contributed by atoms with Crippen LogP contribution in [-0.2, 0) is 9.59 Å². The molecular formula is C21H25N3O6S. The van der Waals surface area contributed by atoms with Crippen LogP contribution in [0.3, 0.4) is 0 Å². The molecule has 0 aromatic heterocycles. The predicted molar refractivity (Wildman–Crippen MR) is 121 cm³/mol. The maximum absolute atomic E-state index is 12.1. The zero-order valence-electron chi connectivity index (χ0n) is 17.4. The Morgan fingerprint density at radius 1 is 1.03 bits per heavy atom. The third-order valence-electron chi connectivity index (χ3n) is 4.05. The quantitative estimate of drug-likeness (QED) is 0.286. The standard InChI is InChI=1S/C21H25N3O6S/c1-3-4-11-30-16-7-5-15(6-8-16)22-20(25)13-31-14-21(26)23-18-10-9-17(29-2)12-19(18)24(27)28/h5-10,12H,3-4,11,13-14H2,1-2H3,(H,22,25)(H,23,26).